The molecule has 1 aromatic heterocycles. The second-order valence-electron chi connectivity index (χ2n) is 2.25. The molecule has 11 heavy (non-hydrogen) atoms. The Balaban J connectivity index is 2.58. The van der Waals surface area contributed by atoms with E-state index in [1.807, 2.05) is 24.7 Å². The normalized spacial score (nSPS) is 10.5. The van der Waals surface area contributed by atoms with Crippen LogP contribution in [0.5, 0.6) is 0 Å². The summed E-state index contributed by atoms with van der Waals surface area (Å²) < 4.78 is 7.94. The number of rotatable bonds is 3. The molecule has 0 aliphatic rings. The maximum absolute atomic E-state index is 5.19. The van der Waals surface area contributed by atoms with E-state index in [-0.39, 0.29) is 0 Å². The molecule has 0 fully saturated rings. The van der Waals surface area contributed by atoms with E-state index in [0.29, 0.717) is 6.61 Å². The smallest absolute Gasteiger partial charge is 0.177 e. The molecule has 0 unspecified atom stereocenters. The molecule has 1 rings (SSSR count). The summed E-state index contributed by atoms with van der Waals surface area (Å²) in [6.07, 6.45) is 1.94. The van der Waals surface area contributed by atoms with Crippen molar-refractivity contribution in [3.05, 3.63) is 16.6 Å². The second-order valence-corrected chi connectivity index (χ2v) is 2.96. The van der Waals surface area contributed by atoms with Crippen LogP contribution in [0.4, 0.5) is 0 Å². The van der Waals surface area contributed by atoms with Gasteiger partial charge in [0, 0.05) is 19.9 Å². The lowest BCUT2D eigenvalue weighted by Crippen LogP contribution is -1.91. The van der Waals surface area contributed by atoms with Crippen molar-refractivity contribution in [2.24, 2.45) is 7.05 Å². The third kappa shape index (κ3) is 2.31. The summed E-state index contributed by atoms with van der Waals surface area (Å²) >= 11 is 3.30. The number of hydrogen-bond donors (Lipinski definition) is 0. The molecule has 1 aromatic rings. The molecule has 0 aliphatic carbocycles. The molecule has 4 heteroatoms. The van der Waals surface area contributed by atoms with Gasteiger partial charge in [0.1, 0.15) is 0 Å². The number of aryl methyl sites for hydroxylation is 1. The first kappa shape index (κ1) is 8.74. The summed E-state index contributed by atoms with van der Waals surface area (Å²) in [4.78, 5) is 4.20. The Morgan fingerprint density at radius 2 is 2.45 bits per heavy atom. The molecule has 0 radical (unpaired) electrons. The van der Waals surface area contributed by atoms with Crippen molar-refractivity contribution in [3.8, 4) is 0 Å². The Morgan fingerprint density at radius 3 is 2.91 bits per heavy atom. The summed E-state index contributed by atoms with van der Waals surface area (Å²) in [5.74, 6) is 0. The van der Waals surface area contributed by atoms with E-state index in [0.717, 1.165) is 17.0 Å². The summed E-state index contributed by atoms with van der Waals surface area (Å²) in [6, 6.07) is 0. The van der Waals surface area contributed by atoms with Crippen LogP contribution in [0.1, 0.15) is 12.6 Å². The molecular formula is C7H11BrN2O. The lowest BCUT2D eigenvalue weighted by molar-refractivity contribution is 0.131. The Morgan fingerprint density at radius 1 is 1.73 bits per heavy atom. The van der Waals surface area contributed by atoms with Gasteiger partial charge in [-0.2, -0.15) is 0 Å². The van der Waals surface area contributed by atoms with E-state index < -0.39 is 0 Å². The maximum Gasteiger partial charge on any atom is 0.177 e. The number of halogens is 1. The van der Waals surface area contributed by atoms with Gasteiger partial charge in [0.15, 0.2) is 4.73 Å². The van der Waals surface area contributed by atoms with Crippen molar-refractivity contribution in [2.75, 3.05) is 6.61 Å². The lowest BCUT2D eigenvalue weighted by Gasteiger charge is -1.93. The highest BCUT2D eigenvalue weighted by atomic mass is 79.9. The first-order valence-corrected chi connectivity index (χ1v) is 4.28. The molecule has 62 valence electrons. The number of ether oxygens (including phenoxy) is 1. The van der Waals surface area contributed by atoms with Gasteiger partial charge in [-0.3, -0.25) is 0 Å². The molecule has 0 amide bonds. The van der Waals surface area contributed by atoms with Gasteiger partial charge >= 0.3 is 0 Å². The van der Waals surface area contributed by atoms with Crippen LogP contribution in [-0.4, -0.2) is 16.2 Å². The highest BCUT2D eigenvalue weighted by molar-refractivity contribution is 9.10. The first-order valence-electron chi connectivity index (χ1n) is 3.49. The summed E-state index contributed by atoms with van der Waals surface area (Å²) in [6.45, 7) is 3.29. The molecule has 0 aliphatic heterocycles. The van der Waals surface area contributed by atoms with Crippen molar-refractivity contribution < 1.29 is 4.74 Å². The molecule has 0 atom stereocenters. The van der Waals surface area contributed by atoms with E-state index in [2.05, 4.69) is 20.9 Å². The highest BCUT2D eigenvalue weighted by Gasteiger charge is 2.00. The zero-order valence-electron chi connectivity index (χ0n) is 6.67. The second kappa shape index (κ2) is 3.88. The van der Waals surface area contributed by atoms with Gasteiger partial charge in [0.25, 0.3) is 0 Å². The molecule has 0 aromatic carbocycles. The fraction of sp³-hybridized carbons (Fsp3) is 0.571. The largest absolute Gasteiger partial charge is 0.375 e. The Kier molecular flexibility index (Phi) is 3.08. The molecule has 0 N–H and O–H groups in total. The quantitative estimate of drug-likeness (QED) is 0.773. The minimum Gasteiger partial charge on any atom is -0.375 e. The van der Waals surface area contributed by atoms with E-state index in [1.165, 1.54) is 0 Å². The molecule has 0 saturated heterocycles. The van der Waals surface area contributed by atoms with Crippen molar-refractivity contribution in [2.45, 2.75) is 13.5 Å². The van der Waals surface area contributed by atoms with Crippen LogP contribution in [0, 0.1) is 0 Å². The fourth-order valence-corrected chi connectivity index (χ4v) is 1.11. The zero-order valence-corrected chi connectivity index (χ0v) is 8.26. The van der Waals surface area contributed by atoms with E-state index in [4.69, 9.17) is 4.74 Å². The molecule has 1 heterocycles. The van der Waals surface area contributed by atoms with Crippen LogP contribution in [0.3, 0.4) is 0 Å². The molecule has 0 bridgehead atoms. The Hall–Kier alpha value is -0.350. The molecule has 3 nitrogen and oxygen atoms in total. The van der Waals surface area contributed by atoms with E-state index in [9.17, 15) is 0 Å². The van der Waals surface area contributed by atoms with Crippen LogP contribution in [0.25, 0.3) is 0 Å². The number of aromatic nitrogens is 2. The summed E-state index contributed by atoms with van der Waals surface area (Å²) in [5.41, 5.74) is 0.959. The minimum atomic E-state index is 0.593. The van der Waals surface area contributed by atoms with Gasteiger partial charge in [-0.05, 0) is 22.9 Å². The standard InChI is InChI=1S/C7H11BrN2O/c1-3-11-5-6-4-10(2)7(8)9-6/h4H,3,5H2,1-2H3. The number of nitrogens with zero attached hydrogens (tertiary/aromatic N) is 2. The predicted molar refractivity (Wildman–Crippen MR) is 46.2 cm³/mol. The first-order chi connectivity index (χ1) is 5.24. The Bertz CT molecular complexity index is 215. The van der Waals surface area contributed by atoms with Gasteiger partial charge in [0.05, 0.1) is 12.3 Å². The third-order valence-corrected chi connectivity index (χ3v) is 2.06. The SMILES string of the molecule is CCOCc1cn(C)c(Br)n1. The van der Waals surface area contributed by atoms with Crippen molar-refractivity contribution in [3.63, 3.8) is 0 Å². The minimum absolute atomic E-state index is 0.593. The van der Waals surface area contributed by atoms with Crippen LogP contribution in [0.2, 0.25) is 0 Å². The van der Waals surface area contributed by atoms with E-state index in [1.54, 1.807) is 0 Å². The topological polar surface area (TPSA) is 27.1 Å². The average molecular weight is 219 g/mol. The predicted octanol–water partition coefficient (Wildman–Crippen LogP) is 1.72. The zero-order chi connectivity index (χ0) is 8.27. The average Bonchev–Trinajstić information content (AvgIpc) is 2.28. The van der Waals surface area contributed by atoms with Crippen molar-refractivity contribution in [1.82, 2.24) is 9.55 Å². The molecule has 0 saturated carbocycles. The van der Waals surface area contributed by atoms with Crippen LogP contribution in [0.15, 0.2) is 10.9 Å². The van der Waals surface area contributed by atoms with Crippen molar-refractivity contribution >= 4 is 15.9 Å². The van der Waals surface area contributed by atoms with Gasteiger partial charge in [-0.15, -0.1) is 0 Å². The van der Waals surface area contributed by atoms with Gasteiger partial charge < -0.3 is 9.30 Å². The van der Waals surface area contributed by atoms with Gasteiger partial charge in [-0.1, -0.05) is 0 Å². The lowest BCUT2D eigenvalue weighted by atomic mass is 10.5. The van der Waals surface area contributed by atoms with Gasteiger partial charge in [-0.25, -0.2) is 4.98 Å². The highest BCUT2D eigenvalue weighted by Crippen LogP contribution is 2.08. The summed E-state index contributed by atoms with van der Waals surface area (Å²) in [5, 5.41) is 0. The molecular weight excluding hydrogens is 208 g/mol. The third-order valence-electron chi connectivity index (χ3n) is 1.32. The monoisotopic (exact) mass is 218 g/mol. The Labute approximate surface area is 74.5 Å². The maximum atomic E-state index is 5.19. The van der Waals surface area contributed by atoms with Gasteiger partial charge in [0.2, 0.25) is 0 Å². The van der Waals surface area contributed by atoms with Crippen LogP contribution < -0.4 is 0 Å². The number of hydrogen-bond acceptors (Lipinski definition) is 2. The van der Waals surface area contributed by atoms with Crippen molar-refractivity contribution in [1.29, 1.82) is 0 Å². The molecule has 0 spiro atoms. The number of imidazole rings is 1. The van der Waals surface area contributed by atoms with E-state index >= 15 is 0 Å². The van der Waals surface area contributed by atoms with Crippen LogP contribution >= 0.6 is 15.9 Å². The fourth-order valence-electron chi connectivity index (χ4n) is 0.779. The van der Waals surface area contributed by atoms with Crippen LogP contribution in [-0.2, 0) is 18.4 Å². The summed E-state index contributed by atoms with van der Waals surface area (Å²) in [7, 11) is 1.94.